The van der Waals surface area contributed by atoms with Crippen LogP contribution in [0.15, 0.2) is 17.7 Å². The zero-order chi connectivity index (χ0) is 15.2. The number of halogens is 2. The number of ether oxygens (including phenoxy) is 2. The van der Waals surface area contributed by atoms with E-state index >= 15 is 0 Å². The van der Waals surface area contributed by atoms with E-state index < -0.39 is 0 Å². The van der Waals surface area contributed by atoms with Crippen LogP contribution in [0.4, 0.5) is 0 Å². The van der Waals surface area contributed by atoms with E-state index in [0.29, 0.717) is 10.0 Å². The maximum absolute atomic E-state index is 6.60. The summed E-state index contributed by atoms with van der Waals surface area (Å²) in [6, 6.07) is 3.72. The molecule has 2 fully saturated rings. The Hall–Kier alpha value is -0.740. The van der Waals surface area contributed by atoms with Gasteiger partial charge in [-0.1, -0.05) is 23.2 Å². The number of morpholine rings is 1. The van der Waals surface area contributed by atoms with E-state index in [0.717, 1.165) is 50.5 Å². The third-order valence-corrected chi connectivity index (χ3v) is 5.55. The molecule has 118 valence electrons. The van der Waals surface area contributed by atoms with E-state index in [9.17, 15) is 0 Å². The lowest BCUT2D eigenvalue weighted by Gasteiger charge is -2.47. The molecule has 0 spiro atoms. The molecule has 3 aliphatic rings. The Kier molecular flexibility index (Phi) is 3.85. The molecule has 4 rings (SSSR count). The lowest BCUT2D eigenvalue weighted by molar-refractivity contribution is -0.975. The van der Waals surface area contributed by atoms with Crippen molar-refractivity contribution in [3.05, 3.63) is 33.3 Å². The molecule has 2 heterocycles. The molecule has 1 aromatic rings. The summed E-state index contributed by atoms with van der Waals surface area (Å²) in [5, 5.41) is 1.27. The average molecular weight is 341 g/mol. The second-order valence-corrected chi connectivity index (χ2v) is 7.17. The number of hydrogen-bond donors (Lipinski definition) is 1. The minimum atomic E-state index is -0.257. The molecular weight excluding hydrogens is 321 g/mol. The molecule has 0 radical (unpaired) electrons. The van der Waals surface area contributed by atoms with Gasteiger partial charge in [0.1, 0.15) is 13.1 Å². The summed E-state index contributed by atoms with van der Waals surface area (Å²) < 4.78 is 12.1. The predicted molar refractivity (Wildman–Crippen MR) is 87.8 cm³/mol. The number of hydrogen-bond acceptors (Lipinski definition) is 2. The van der Waals surface area contributed by atoms with Crippen molar-refractivity contribution in [2.75, 3.05) is 26.3 Å². The van der Waals surface area contributed by atoms with Crippen LogP contribution in [0.3, 0.4) is 0 Å². The number of benzene rings is 1. The molecule has 1 saturated heterocycles. The SMILES string of the molecule is Clc1cc(Cl)c2c(c1)C=C1CCCC[C@@]1([NH+]1CCOCC1)O2. The minimum Gasteiger partial charge on any atom is -0.434 e. The average Bonchev–Trinajstić information content (AvgIpc) is 2.54. The first-order chi connectivity index (χ1) is 10.7. The molecule has 3 nitrogen and oxygen atoms in total. The van der Waals surface area contributed by atoms with Gasteiger partial charge in [-0.05, 0) is 37.5 Å². The molecule has 1 atom stereocenters. The molecule has 2 aliphatic heterocycles. The second kappa shape index (κ2) is 5.72. The number of nitrogens with one attached hydrogen (secondary N) is 1. The van der Waals surface area contributed by atoms with Crippen LogP contribution in [-0.2, 0) is 4.74 Å². The van der Waals surface area contributed by atoms with E-state index in [1.165, 1.54) is 23.3 Å². The summed E-state index contributed by atoms with van der Waals surface area (Å²) in [5.41, 5.74) is 2.14. The van der Waals surface area contributed by atoms with E-state index in [4.69, 9.17) is 32.7 Å². The van der Waals surface area contributed by atoms with Crippen molar-refractivity contribution >= 4 is 29.3 Å². The Balaban J connectivity index is 1.80. The molecule has 1 aliphatic carbocycles. The van der Waals surface area contributed by atoms with Crippen molar-refractivity contribution in [3.63, 3.8) is 0 Å². The fourth-order valence-corrected chi connectivity index (χ4v) is 4.56. The van der Waals surface area contributed by atoms with Gasteiger partial charge < -0.3 is 9.47 Å². The maximum atomic E-state index is 6.60. The van der Waals surface area contributed by atoms with Gasteiger partial charge in [0, 0.05) is 22.6 Å². The Morgan fingerprint density at radius 2 is 1.91 bits per heavy atom. The van der Waals surface area contributed by atoms with Gasteiger partial charge in [-0.2, -0.15) is 0 Å². The third kappa shape index (κ3) is 2.35. The van der Waals surface area contributed by atoms with Crippen molar-refractivity contribution < 1.29 is 14.4 Å². The van der Waals surface area contributed by atoms with E-state index in [1.807, 2.05) is 6.07 Å². The van der Waals surface area contributed by atoms with Gasteiger partial charge >= 0.3 is 0 Å². The van der Waals surface area contributed by atoms with Gasteiger partial charge in [-0.15, -0.1) is 0 Å². The highest BCUT2D eigenvalue weighted by atomic mass is 35.5. The molecule has 1 aromatic carbocycles. The highest BCUT2D eigenvalue weighted by Crippen LogP contribution is 2.44. The Morgan fingerprint density at radius 3 is 2.73 bits per heavy atom. The van der Waals surface area contributed by atoms with Crippen molar-refractivity contribution in [2.45, 2.75) is 31.4 Å². The fourth-order valence-electron chi connectivity index (χ4n) is 4.01. The lowest BCUT2D eigenvalue weighted by atomic mass is 9.82. The van der Waals surface area contributed by atoms with E-state index in [2.05, 4.69) is 6.08 Å². The van der Waals surface area contributed by atoms with Gasteiger partial charge in [-0.25, -0.2) is 0 Å². The fraction of sp³-hybridized carbons (Fsp3) is 0.529. The zero-order valence-electron chi connectivity index (χ0n) is 12.5. The molecular formula is C17H20Cl2NO2+. The lowest BCUT2D eigenvalue weighted by Crippen LogP contribution is -3.23. The standard InChI is InChI=1S/C17H19Cl2NO2/c18-14-10-12-9-13-3-1-2-4-17(13,20-5-7-21-8-6-20)22-16(12)15(19)11-14/h9-11H,1-8H2/p+1/t17-/m1/s1. The molecule has 1 N–H and O–H groups in total. The summed E-state index contributed by atoms with van der Waals surface area (Å²) in [6.45, 7) is 3.57. The number of quaternary nitrogens is 1. The van der Waals surface area contributed by atoms with Crippen molar-refractivity contribution in [1.82, 2.24) is 0 Å². The molecule has 1 saturated carbocycles. The Bertz CT molecular complexity index is 625. The second-order valence-electron chi connectivity index (χ2n) is 6.33. The van der Waals surface area contributed by atoms with Crippen LogP contribution in [-0.4, -0.2) is 32.0 Å². The third-order valence-electron chi connectivity index (χ3n) is 5.05. The van der Waals surface area contributed by atoms with Gasteiger partial charge in [0.2, 0.25) is 0 Å². The number of rotatable bonds is 1. The molecule has 0 amide bonds. The molecule has 0 unspecified atom stereocenters. The van der Waals surface area contributed by atoms with Crippen molar-refractivity contribution in [2.24, 2.45) is 0 Å². The monoisotopic (exact) mass is 340 g/mol. The van der Waals surface area contributed by atoms with Crippen LogP contribution < -0.4 is 9.64 Å². The van der Waals surface area contributed by atoms with Crippen LogP contribution >= 0.6 is 23.2 Å². The summed E-state index contributed by atoms with van der Waals surface area (Å²) in [5.74, 6) is 0.788. The largest absolute Gasteiger partial charge is 0.434 e. The smallest absolute Gasteiger partial charge is 0.264 e. The zero-order valence-corrected chi connectivity index (χ0v) is 14.0. The number of fused-ring (bicyclic) bond motifs is 2. The summed E-state index contributed by atoms with van der Waals surface area (Å²) in [4.78, 5) is 1.47. The first-order valence-electron chi connectivity index (χ1n) is 8.01. The quantitative estimate of drug-likeness (QED) is 0.849. The van der Waals surface area contributed by atoms with Crippen LogP contribution in [0.1, 0.15) is 31.2 Å². The highest BCUT2D eigenvalue weighted by Gasteiger charge is 2.50. The topological polar surface area (TPSA) is 22.9 Å². The van der Waals surface area contributed by atoms with Crippen LogP contribution in [0.2, 0.25) is 10.0 Å². The first kappa shape index (κ1) is 14.8. The summed E-state index contributed by atoms with van der Waals surface area (Å²) >= 11 is 12.6. The maximum Gasteiger partial charge on any atom is 0.264 e. The molecule has 0 bridgehead atoms. The summed E-state index contributed by atoms with van der Waals surface area (Å²) in [7, 11) is 0. The van der Waals surface area contributed by atoms with Crippen molar-refractivity contribution in [3.8, 4) is 5.75 Å². The van der Waals surface area contributed by atoms with Crippen LogP contribution in [0.5, 0.6) is 5.75 Å². The minimum absolute atomic E-state index is 0.257. The Morgan fingerprint density at radius 1 is 1.09 bits per heavy atom. The van der Waals surface area contributed by atoms with E-state index in [-0.39, 0.29) is 5.72 Å². The first-order valence-corrected chi connectivity index (χ1v) is 8.77. The van der Waals surface area contributed by atoms with Gasteiger partial charge in [0.15, 0.2) is 5.75 Å². The van der Waals surface area contributed by atoms with E-state index in [1.54, 1.807) is 6.07 Å². The Labute approximate surface area is 140 Å². The van der Waals surface area contributed by atoms with Gasteiger partial charge in [0.05, 0.1) is 18.2 Å². The van der Waals surface area contributed by atoms with Gasteiger partial charge in [0.25, 0.3) is 5.72 Å². The van der Waals surface area contributed by atoms with Gasteiger partial charge in [-0.3, -0.25) is 4.90 Å². The molecule has 0 aromatic heterocycles. The molecule has 22 heavy (non-hydrogen) atoms. The predicted octanol–water partition coefficient (Wildman–Crippen LogP) is 2.95. The summed E-state index contributed by atoms with van der Waals surface area (Å²) in [6.07, 6.45) is 6.82. The van der Waals surface area contributed by atoms with Crippen LogP contribution in [0, 0.1) is 0 Å². The normalized spacial score (nSPS) is 28.4. The van der Waals surface area contributed by atoms with Crippen molar-refractivity contribution in [1.29, 1.82) is 0 Å². The highest BCUT2D eigenvalue weighted by molar-refractivity contribution is 6.36. The molecule has 5 heteroatoms. The van der Waals surface area contributed by atoms with Crippen LogP contribution in [0.25, 0.3) is 6.08 Å².